The van der Waals surface area contributed by atoms with E-state index in [0.717, 1.165) is 10.0 Å². The molecule has 0 amide bonds. The molecule has 2 nitrogen and oxygen atoms in total. The van der Waals surface area contributed by atoms with Crippen molar-refractivity contribution in [1.29, 1.82) is 0 Å². The van der Waals surface area contributed by atoms with E-state index in [1.54, 1.807) is 12.1 Å². The van der Waals surface area contributed by atoms with Crippen LogP contribution in [0.2, 0.25) is 0 Å². The average molecular weight is 264 g/mol. The maximum absolute atomic E-state index is 11.2. The van der Waals surface area contributed by atoms with Crippen LogP contribution in [0, 0.1) is 0 Å². The standard InChI is InChI=1S/C9H8BrClO2/c1-13-9(12)6-3-2-4-8(10)7(6)5-11/h2-4H,5H2,1H3. The number of carbonyl (C=O) groups excluding carboxylic acids is 1. The van der Waals surface area contributed by atoms with E-state index in [1.165, 1.54) is 7.11 Å². The molecule has 0 heterocycles. The molecule has 1 aromatic carbocycles. The Kier molecular flexibility index (Phi) is 3.75. The number of alkyl halides is 1. The van der Waals surface area contributed by atoms with Gasteiger partial charge in [-0.1, -0.05) is 22.0 Å². The lowest BCUT2D eigenvalue weighted by Gasteiger charge is -2.06. The Morgan fingerprint density at radius 1 is 1.62 bits per heavy atom. The second-order valence-electron chi connectivity index (χ2n) is 2.39. The lowest BCUT2D eigenvalue weighted by Crippen LogP contribution is -2.05. The Balaban J connectivity index is 3.20. The maximum Gasteiger partial charge on any atom is 0.338 e. The lowest BCUT2D eigenvalue weighted by molar-refractivity contribution is 0.0599. The number of halogens is 2. The zero-order valence-corrected chi connectivity index (χ0v) is 9.35. The molecule has 1 aromatic rings. The normalized spacial score (nSPS) is 9.77. The quantitative estimate of drug-likeness (QED) is 0.606. The number of esters is 1. The highest BCUT2D eigenvalue weighted by Gasteiger charge is 2.12. The van der Waals surface area contributed by atoms with Gasteiger partial charge in [0.2, 0.25) is 0 Å². The molecule has 0 fully saturated rings. The predicted molar refractivity (Wildman–Crippen MR) is 55.0 cm³/mol. The highest BCUT2D eigenvalue weighted by Crippen LogP contribution is 2.22. The summed E-state index contributed by atoms with van der Waals surface area (Å²) in [4.78, 5) is 11.2. The summed E-state index contributed by atoms with van der Waals surface area (Å²) in [6.45, 7) is 0. The zero-order chi connectivity index (χ0) is 9.84. The topological polar surface area (TPSA) is 26.3 Å². The van der Waals surface area contributed by atoms with Crippen molar-refractivity contribution in [2.45, 2.75) is 5.88 Å². The minimum atomic E-state index is -0.364. The Bertz CT molecular complexity index is 325. The molecule has 0 spiro atoms. The van der Waals surface area contributed by atoms with Gasteiger partial charge in [-0.2, -0.15) is 0 Å². The van der Waals surface area contributed by atoms with E-state index in [2.05, 4.69) is 20.7 Å². The van der Waals surface area contributed by atoms with Crippen LogP contribution in [0.4, 0.5) is 0 Å². The first-order chi connectivity index (χ1) is 6.20. The van der Waals surface area contributed by atoms with E-state index >= 15 is 0 Å². The summed E-state index contributed by atoms with van der Waals surface area (Å²) in [5.41, 5.74) is 1.27. The minimum Gasteiger partial charge on any atom is -0.465 e. The molecule has 1 rings (SSSR count). The first-order valence-electron chi connectivity index (χ1n) is 3.62. The van der Waals surface area contributed by atoms with E-state index < -0.39 is 0 Å². The Hall–Kier alpha value is -0.540. The van der Waals surface area contributed by atoms with Crippen molar-refractivity contribution in [3.8, 4) is 0 Å². The SMILES string of the molecule is COC(=O)c1cccc(Br)c1CCl. The molecular formula is C9H8BrClO2. The van der Waals surface area contributed by atoms with E-state index in [9.17, 15) is 4.79 Å². The minimum absolute atomic E-state index is 0.284. The van der Waals surface area contributed by atoms with Gasteiger partial charge >= 0.3 is 5.97 Å². The molecule has 4 heteroatoms. The fraction of sp³-hybridized carbons (Fsp3) is 0.222. The summed E-state index contributed by atoms with van der Waals surface area (Å²) >= 11 is 9.01. The summed E-state index contributed by atoms with van der Waals surface area (Å²) in [6.07, 6.45) is 0. The number of benzene rings is 1. The van der Waals surface area contributed by atoms with Crippen molar-refractivity contribution in [3.63, 3.8) is 0 Å². The van der Waals surface area contributed by atoms with Crippen molar-refractivity contribution in [3.05, 3.63) is 33.8 Å². The maximum atomic E-state index is 11.2. The first-order valence-corrected chi connectivity index (χ1v) is 4.95. The van der Waals surface area contributed by atoms with E-state index in [-0.39, 0.29) is 11.8 Å². The van der Waals surface area contributed by atoms with Gasteiger partial charge in [-0.05, 0) is 17.7 Å². The molecule has 0 atom stereocenters. The lowest BCUT2D eigenvalue weighted by atomic mass is 10.1. The molecule has 13 heavy (non-hydrogen) atoms. The molecule has 0 unspecified atom stereocenters. The van der Waals surface area contributed by atoms with Crippen LogP contribution in [0.1, 0.15) is 15.9 Å². The van der Waals surface area contributed by atoms with E-state index in [0.29, 0.717) is 5.56 Å². The van der Waals surface area contributed by atoms with Crippen molar-refractivity contribution >= 4 is 33.5 Å². The van der Waals surface area contributed by atoms with Gasteiger partial charge in [0.1, 0.15) is 0 Å². The summed E-state index contributed by atoms with van der Waals surface area (Å²) < 4.78 is 5.44. The molecular weight excluding hydrogens is 255 g/mol. The summed E-state index contributed by atoms with van der Waals surface area (Å²) in [5.74, 6) is -0.0803. The van der Waals surface area contributed by atoms with Crippen LogP contribution in [-0.2, 0) is 10.6 Å². The van der Waals surface area contributed by atoms with Crippen molar-refractivity contribution in [2.24, 2.45) is 0 Å². The smallest absolute Gasteiger partial charge is 0.338 e. The van der Waals surface area contributed by atoms with Crippen LogP contribution in [0.5, 0.6) is 0 Å². The second-order valence-corrected chi connectivity index (χ2v) is 3.51. The average Bonchev–Trinajstić information content (AvgIpc) is 2.16. The van der Waals surface area contributed by atoms with Crippen LogP contribution < -0.4 is 0 Å². The second kappa shape index (κ2) is 4.63. The third-order valence-corrected chi connectivity index (χ3v) is 2.67. The summed E-state index contributed by atoms with van der Waals surface area (Å²) in [6, 6.07) is 5.30. The third kappa shape index (κ3) is 2.23. The number of hydrogen-bond donors (Lipinski definition) is 0. The van der Waals surface area contributed by atoms with Crippen molar-refractivity contribution in [2.75, 3.05) is 7.11 Å². The number of rotatable bonds is 2. The van der Waals surface area contributed by atoms with Crippen LogP contribution >= 0.6 is 27.5 Å². The number of hydrogen-bond acceptors (Lipinski definition) is 2. The number of carbonyl (C=O) groups is 1. The molecule has 0 aliphatic rings. The van der Waals surface area contributed by atoms with Gasteiger partial charge in [-0.3, -0.25) is 0 Å². The largest absolute Gasteiger partial charge is 0.465 e. The molecule has 0 saturated carbocycles. The molecule has 0 saturated heterocycles. The van der Waals surface area contributed by atoms with Crippen molar-refractivity contribution in [1.82, 2.24) is 0 Å². The van der Waals surface area contributed by atoms with Crippen LogP contribution in [0.3, 0.4) is 0 Å². The Morgan fingerprint density at radius 3 is 2.85 bits per heavy atom. The van der Waals surface area contributed by atoms with Gasteiger partial charge in [-0.15, -0.1) is 11.6 Å². The summed E-state index contributed by atoms with van der Waals surface area (Å²) in [5, 5.41) is 0. The van der Waals surface area contributed by atoms with Crippen LogP contribution in [-0.4, -0.2) is 13.1 Å². The molecule has 70 valence electrons. The van der Waals surface area contributed by atoms with Gasteiger partial charge in [0, 0.05) is 10.4 Å². The zero-order valence-electron chi connectivity index (χ0n) is 7.01. The molecule has 0 aliphatic heterocycles. The molecule has 0 radical (unpaired) electrons. The van der Waals surface area contributed by atoms with E-state index in [4.69, 9.17) is 11.6 Å². The third-order valence-electron chi connectivity index (χ3n) is 1.66. The summed E-state index contributed by atoms with van der Waals surface area (Å²) in [7, 11) is 1.35. The van der Waals surface area contributed by atoms with Crippen LogP contribution in [0.25, 0.3) is 0 Å². The van der Waals surface area contributed by atoms with Gasteiger partial charge in [0.15, 0.2) is 0 Å². The molecule has 0 N–H and O–H groups in total. The first kappa shape index (κ1) is 10.5. The number of ether oxygens (including phenoxy) is 1. The van der Waals surface area contributed by atoms with Crippen LogP contribution in [0.15, 0.2) is 22.7 Å². The van der Waals surface area contributed by atoms with Gasteiger partial charge in [-0.25, -0.2) is 4.79 Å². The monoisotopic (exact) mass is 262 g/mol. The fourth-order valence-corrected chi connectivity index (χ4v) is 1.95. The van der Waals surface area contributed by atoms with E-state index in [1.807, 2.05) is 6.07 Å². The van der Waals surface area contributed by atoms with Crippen molar-refractivity contribution < 1.29 is 9.53 Å². The molecule has 0 bridgehead atoms. The predicted octanol–water partition coefficient (Wildman–Crippen LogP) is 2.97. The Labute approximate surface area is 90.0 Å². The number of methoxy groups -OCH3 is 1. The highest BCUT2D eigenvalue weighted by molar-refractivity contribution is 9.10. The Morgan fingerprint density at radius 2 is 2.31 bits per heavy atom. The molecule has 0 aliphatic carbocycles. The highest BCUT2D eigenvalue weighted by atomic mass is 79.9. The molecule has 0 aromatic heterocycles. The van der Waals surface area contributed by atoms with Gasteiger partial charge in [0.05, 0.1) is 12.7 Å². The van der Waals surface area contributed by atoms with Gasteiger partial charge < -0.3 is 4.74 Å². The van der Waals surface area contributed by atoms with Gasteiger partial charge in [0.25, 0.3) is 0 Å². The fourth-order valence-electron chi connectivity index (χ4n) is 0.996.